The quantitative estimate of drug-likeness (QED) is 0.415. The fraction of sp³-hybridized carbons (Fsp3) is 0.318. The zero-order valence-electron chi connectivity index (χ0n) is 16.7. The average molecular weight is 430 g/mol. The number of phenolic OH excluding ortho intramolecular Hbond substituents is 2. The van der Waals surface area contributed by atoms with Crippen LogP contribution >= 0.6 is 0 Å². The summed E-state index contributed by atoms with van der Waals surface area (Å²) in [5.74, 6) is -0.0466. The van der Waals surface area contributed by atoms with E-state index in [4.69, 9.17) is 13.9 Å². The minimum atomic E-state index is -1.59. The molecule has 5 atom stereocenters. The fourth-order valence-corrected chi connectivity index (χ4v) is 3.57. The van der Waals surface area contributed by atoms with Gasteiger partial charge in [-0.3, -0.25) is 4.79 Å². The van der Waals surface area contributed by atoms with E-state index < -0.39 is 36.1 Å². The van der Waals surface area contributed by atoms with Crippen LogP contribution < -0.4 is 10.2 Å². The molecule has 1 fully saturated rings. The van der Waals surface area contributed by atoms with Gasteiger partial charge >= 0.3 is 0 Å². The van der Waals surface area contributed by atoms with Gasteiger partial charge in [0, 0.05) is 23.3 Å². The van der Waals surface area contributed by atoms with E-state index >= 15 is 0 Å². The van der Waals surface area contributed by atoms with Gasteiger partial charge in [-0.05, 0) is 38.1 Å². The number of aromatic hydroxyl groups is 2. The lowest BCUT2D eigenvalue weighted by atomic mass is 10.00. The molecular weight excluding hydrogens is 408 g/mol. The van der Waals surface area contributed by atoms with Crippen LogP contribution in [0.2, 0.25) is 0 Å². The summed E-state index contributed by atoms with van der Waals surface area (Å²) in [5.41, 5.74) is 0.422. The van der Waals surface area contributed by atoms with Crippen molar-refractivity contribution in [3.8, 4) is 28.6 Å². The Kier molecular flexibility index (Phi) is 5.36. The minimum Gasteiger partial charge on any atom is -0.508 e. The van der Waals surface area contributed by atoms with Gasteiger partial charge in [-0.25, -0.2) is 0 Å². The van der Waals surface area contributed by atoms with E-state index in [2.05, 4.69) is 0 Å². The van der Waals surface area contributed by atoms with Gasteiger partial charge in [0.2, 0.25) is 6.29 Å². The number of fused-ring (bicyclic) bond motifs is 1. The lowest BCUT2D eigenvalue weighted by Gasteiger charge is -2.38. The lowest BCUT2D eigenvalue weighted by molar-refractivity contribution is -0.267. The predicted molar refractivity (Wildman–Crippen MR) is 109 cm³/mol. The number of ether oxygens (including phenoxy) is 2. The molecule has 0 unspecified atom stereocenters. The van der Waals surface area contributed by atoms with Gasteiger partial charge in [0.1, 0.15) is 52.3 Å². The van der Waals surface area contributed by atoms with E-state index in [0.29, 0.717) is 5.56 Å². The Labute approximate surface area is 176 Å². The lowest BCUT2D eigenvalue weighted by Crippen LogP contribution is -2.58. The first-order valence-corrected chi connectivity index (χ1v) is 9.63. The van der Waals surface area contributed by atoms with Crippen molar-refractivity contribution in [1.82, 2.24) is 0 Å². The molecule has 0 saturated carbocycles. The molecule has 9 heteroatoms. The summed E-state index contributed by atoms with van der Waals surface area (Å²) in [6, 6.07) is 8.53. The molecule has 0 aliphatic carbocycles. The van der Waals surface area contributed by atoms with Gasteiger partial charge in [-0.1, -0.05) is 0 Å². The van der Waals surface area contributed by atoms with Crippen molar-refractivity contribution in [3.63, 3.8) is 0 Å². The van der Waals surface area contributed by atoms with Crippen molar-refractivity contribution in [1.29, 1.82) is 0 Å². The van der Waals surface area contributed by atoms with Gasteiger partial charge in [-0.15, -0.1) is 0 Å². The predicted octanol–water partition coefficient (Wildman–Crippen LogP) is 1.39. The molecule has 1 aromatic heterocycles. The molecule has 2 heterocycles. The Hall–Kier alpha value is -3.11. The third-order valence-electron chi connectivity index (χ3n) is 5.35. The second-order valence-electron chi connectivity index (χ2n) is 7.55. The smallest absolute Gasteiger partial charge is 0.229 e. The Balaban J connectivity index is 1.81. The van der Waals surface area contributed by atoms with E-state index in [9.17, 15) is 30.3 Å². The molecule has 2 aromatic carbocycles. The summed E-state index contributed by atoms with van der Waals surface area (Å²) < 4.78 is 17.0. The normalized spacial score (nSPS) is 26.2. The number of benzene rings is 2. The highest BCUT2D eigenvalue weighted by molar-refractivity contribution is 5.87. The highest BCUT2D eigenvalue weighted by atomic mass is 16.7. The molecule has 0 bridgehead atoms. The number of aliphatic hydroxyl groups excluding tert-OH is 3. The standard InChI is InChI=1S/C22H22O9/c1-9-17(25)16-14(30-21(9)11-3-5-12(23)6-4-11)7-13(24)8-15(16)31-22-20(28)19(27)18(26)10(2)29-22/h3-8,10,18-20,22-24,26-28H,1-2H3/t10-,18-,19-,20-,22+/m0/s1. The van der Waals surface area contributed by atoms with Crippen molar-refractivity contribution in [2.75, 3.05) is 0 Å². The van der Waals surface area contributed by atoms with Crippen LogP contribution in [0.1, 0.15) is 12.5 Å². The van der Waals surface area contributed by atoms with Gasteiger partial charge in [0.05, 0.1) is 6.10 Å². The molecule has 3 aromatic rings. The molecule has 0 spiro atoms. The largest absolute Gasteiger partial charge is 0.508 e. The van der Waals surface area contributed by atoms with Crippen LogP contribution in [-0.4, -0.2) is 56.2 Å². The first-order valence-electron chi connectivity index (χ1n) is 9.63. The third kappa shape index (κ3) is 3.72. The minimum absolute atomic E-state index is 0.0156. The first kappa shape index (κ1) is 21.1. The van der Waals surface area contributed by atoms with Crippen molar-refractivity contribution in [2.24, 2.45) is 0 Å². The van der Waals surface area contributed by atoms with E-state index in [-0.39, 0.29) is 39.5 Å². The molecule has 0 radical (unpaired) electrons. The number of hydrogen-bond acceptors (Lipinski definition) is 9. The molecule has 31 heavy (non-hydrogen) atoms. The molecule has 4 rings (SSSR count). The number of hydrogen-bond donors (Lipinski definition) is 5. The second-order valence-corrected chi connectivity index (χ2v) is 7.55. The maximum Gasteiger partial charge on any atom is 0.229 e. The molecular formula is C22H22O9. The second kappa shape index (κ2) is 7.86. The zero-order chi connectivity index (χ0) is 22.4. The van der Waals surface area contributed by atoms with E-state index in [1.54, 1.807) is 19.1 Å². The van der Waals surface area contributed by atoms with Crippen molar-refractivity contribution < 1.29 is 39.4 Å². The summed E-state index contributed by atoms with van der Waals surface area (Å²) in [6.07, 6.45) is -6.65. The van der Waals surface area contributed by atoms with Crippen LogP contribution in [0.4, 0.5) is 0 Å². The average Bonchev–Trinajstić information content (AvgIpc) is 2.73. The maximum absolute atomic E-state index is 13.2. The fourth-order valence-electron chi connectivity index (χ4n) is 3.57. The number of phenols is 2. The van der Waals surface area contributed by atoms with Crippen LogP contribution in [0, 0.1) is 6.92 Å². The number of rotatable bonds is 3. The Bertz CT molecular complexity index is 1170. The van der Waals surface area contributed by atoms with E-state index in [0.717, 1.165) is 0 Å². The van der Waals surface area contributed by atoms with Gasteiger partial charge < -0.3 is 39.4 Å². The van der Waals surface area contributed by atoms with Crippen LogP contribution in [0.5, 0.6) is 17.2 Å². The maximum atomic E-state index is 13.2. The summed E-state index contributed by atoms with van der Waals surface area (Å²) in [6.45, 7) is 3.07. The summed E-state index contributed by atoms with van der Waals surface area (Å²) in [4.78, 5) is 13.2. The van der Waals surface area contributed by atoms with E-state index in [1.807, 2.05) is 0 Å². The molecule has 164 valence electrons. The monoisotopic (exact) mass is 430 g/mol. The summed E-state index contributed by atoms with van der Waals surface area (Å²) in [5, 5.41) is 49.7. The molecule has 1 saturated heterocycles. The Morgan fingerprint density at radius 2 is 1.61 bits per heavy atom. The van der Waals surface area contributed by atoms with Crippen LogP contribution in [0.25, 0.3) is 22.3 Å². The van der Waals surface area contributed by atoms with Crippen molar-refractivity contribution >= 4 is 11.0 Å². The van der Waals surface area contributed by atoms with Crippen LogP contribution in [0.3, 0.4) is 0 Å². The SMILES string of the molecule is Cc1c(-c2ccc(O)cc2)oc2cc(O)cc(O[C@H]3O[C@@H](C)[C@H](O)[C@H](O)[C@@H]3O)c2c1=O. The zero-order valence-corrected chi connectivity index (χ0v) is 16.7. The van der Waals surface area contributed by atoms with E-state index in [1.165, 1.54) is 31.2 Å². The molecule has 9 nitrogen and oxygen atoms in total. The highest BCUT2D eigenvalue weighted by Gasteiger charge is 2.43. The molecule has 1 aliphatic heterocycles. The molecule has 1 aliphatic rings. The third-order valence-corrected chi connectivity index (χ3v) is 5.35. The van der Waals surface area contributed by atoms with Crippen molar-refractivity contribution in [2.45, 2.75) is 44.6 Å². The summed E-state index contributed by atoms with van der Waals surface area (Å²) in [7, 11) is 0. The Morgan fingerprint density at radius 1 is 0.935 bits per heavy atom. The number of aliphatic hydroxyl groups is 3. The Morgan fingerprint density at radius 3 is 2.29 bits per heavy atom. The van der Waals surface area contributed by atoms with Gasteiger partial charge in [-0.2, -0.15) is 0 Å². The molecule has 5 N–H and O–H groups in total. The summed E-state index contributed by atoms with van der Waals surface area (Å²) >= 11 is 0. The van der Waals surface area contributed by atoms with Gasteiger partial charge in [0.15, 0.2) is 5.43 Å². The first-order chi connectivity index (χ1) is 14.7. The van der Waals surface area contributed by atoms with Gasteiger partial charge in [0.25, 0.3) is 0 Å². The van der Waals surface area contributed by atoms with Crippen molar-refractivity contribution in [3.05, 3.63) is 52.2 Å². The highest BCUT2D eigenvalue weighted by Crippen LogP contribution is 2.35. The van der Waals surface area contributed by atoms with Crippen LogP contribution in [0.15, 0.2) is 45.6 Å². The molecule has 0 amide bonds. The topological polar surface area (TPSA) is 150 Å². The van der Waals surface area contributed by atoms with Crippen LogP contribution in [-0.2, 0) is 4.74 Å².